The highest BCUT2D eigenvalue weighted by Gasteiger charge is 2.21. The zero-order chi connectivity index (χ0) is 21.1. The number of aromatic amines is 1. The van der Waals surface area contributed by atoms with E-state index in [1.54, 1.807) is 12.3 Å². The van der Waals surface area contributed by atoms with Gasteiger partial charge in [-0.25, -0.2) is 13.8 Å². The predicted molar refractivity (Wildman–Crippen MR) is 112 cm³/mol. The highest BCUT2D eigenvalue weighted by Crippen LogP contribution is 2.22. The van der Waals surface area contributed by atoms with Crippen molar-refractivity contribution in [1.29, 1.82) is 0 Å². The molecule has 158 valence electrons. The molecule has 1 atom stereocenters. The van der Waals surface area contributed by atoms with Gasteiger partial charge in [0.15, 0.2) is 11.5 Å². The minimum Gasteiger partial charge on any atom is -0.409 e. The van der Waals surface area contributed by atoms with Crippen LogP contribution >= 0.6 is 11.6 Å². The van der Waals surface area contributed by atoms with Gasteiger partial charge in [-0.1, -0.05) is 16.8 Å². The van der Waals surface area contributed by atoms with Gasteiger partial charge in [-0.15, -0.1) is 0 Å². The maximum absolute atomic E-state index is 13.4. The third kappa shape index (κ3) is 4.44. The summed E-state index contributed by atoms with van der Waals surface area (Å²) in [5.41, 5.74) is 1.95. The van der Waals surface area contributed by atoms with Crippen molar-refractivity contribution in [3.05, 3.63) is 46.9 Å². The molecule has 3 aromatic rings. The number of aromatic nitrogens is 3. The van der Waals surface area contributed by atoms with E-state index >= 15 is 0 Å². The number of alkyl halides is 1. The second-order valence-corrected chi connectivity index (χ2v) is 7.37. The van der Waals surface area contributed by atoms with Gasteiger partial charge in [0.25, 0.3) is 0 Å². The summed E-state index contributed by atoms with van der Waals surface area (Å²) in [5, 5.41) is 18.9. The molecule has 1 aliphatic rings. The number of likely N-dealkylation sites (tertiary alicyclic amines) is 1. The molecular weight excluding hydrogens is 416 g/mol. The molecule has 30 heavy (non-hydrogen) atoms. The van der Waals surface area contributed by atoms with Gasteiger partial charge < -0.3 is 20.8 Å². The number of pyridine rings is 1. The van der Waals surface area contributed by atoms with E-state index in [2.05, 4.69) is 35.6 Å². The zero-order valence-electron chi connectivity index (χ0n) is 15.9. The molecule has 4 N–H and O–H groups in total. The molecule has 1 fully saturated rings. The van der Waals surface area contributed by atoms with Crippen molar-refractivity contribution in [3.8, 4) is 0 Å². The van der Waals surface area contributed by atoms with Crippen LogP contribution < -0.4 is 10.6 Å². The normalized spacial score (nSPS) is 17.6. The zero-order valence-corrected chi connectivity index (χ0v) is 16.6. The van der Waals surface area contributed by atoms with Crippen molar-refractivity contribution in [1.82, 2.24) is 19.9 Å². The minimum atomic E-state index is -0.748. The Hall–Kier alpha value is -2.98. The van der Waals surface area contributed by atoms with Crippen molar-refractivity contribution in [2.24, 2.45) is 5.16 Å². The Bertz CT molecular complexity index is 1070. The Morgan fingerprint density at radius 1 is 1.40 bits per heavy atom. The van der Waals surface area contributed by atoms with Gasteiger partial charge in [-0.05, 0) is 30.7 Å². The van der Waals surface area contributed by atoms with Crippen molar-refractivity contribution in [2.45, 2.75) is 12.6 Å². The van der Waals surface area contributed by atoms with Crippen LogP contribution in [0, 0.1) is 5.82 Å². The average molecular weight is 436 g/mol. The van der Waals surface area contributed by atoms with E-state index < -0.39 is 12.0 Å². The molecule has 3 heterocycles. The van der Waals surface area contributed by atoms with E-state index in [0.29, 0.717) is 54.4 Å². The van der Waals surface area contributed by atoms with Gasteiger partial charge in [-0.2, -0.15) is 4.98 Å². The number of rotatable bonds is 6. The number of amidine groups is 1. The van der Waals surface area contributed by atoms with E-state index in [9.17, 15) is 14.0 Å². The molecule has 0 saturated carbocycles. The summed E-state index contributed by atoms with van der Waals surface area (Å²) in [5.74, 6) is 0.0747. The molecule has 1 aliphatic heterocycles. The van der Waals surface area contributed by atoms with Gasteiger partial charge >= 0.3 is 0 Å². The van der Waals surface area contributed by atoms with Crippen molar-refractivity contribution >= 4 is 40.2 Å². The maximum Gasteiger partial charge on any atom is 0.202 e. The van der Waals surface area contributed by atoms with E-state index in [-0.39, 0.29) is 10.9 Å². The Morgan fingerprint density at radius 2 is 2.27 bits per heavy atom. The first-order chi connectivity index (χ1) is 14.5. The number of fused-ring (bicyclic) bond motifs is 1. The number of oxime groups is 1. The quantitative estimate of drug-likeness (QED) is 0.205. The lowest BCUT2D eigenvalue weighted by molar-refractivity contribution is 0.295. The molecule has 0 spiro atoms. The molecule has 11 heteroatoms. The molecule has 1 aromatic carbocycles. The number of benzene rings is 1. The first-order valence-electron chi connectivity index (χ1n) is 9.43. The second-order valence-electron chi connectivity index (χ2n) is 6.96. The van der Waals surface area contributed by atoms with E-state index in [0.717, 1.165) is 6.54 Å². The third-order valence-electron chi connectivity index (χ3n) is 4.86. The van der Waals surface area contributed by atoms with Crippen LogP contribution in [0.1, 0.15) is 12.0 Å². The van der Waals surface area contributed by atoms with Crippen molar-refractivity contribution < 1.29 is 14.0 Å². The van der Waals surface area contributed by atoms with Gasteiger partial charge in [0.2, 0.25) is 5.95 Å². The summed E-state index contributed by atoms with van der Waals surface area (Å²) >= 11 is 5.81. The number of imidazole rings is 1. The lowest BCUT2D eigenvalue weighted by Gasteiger charge is -2.14. The van der Waals surface area contributed by atoms with Crippen LogP contribution in [0.25, 0.3) is 11.2 Å². The SMILES string of the molecule is O/N=C(\Nc1ccc(F)c(Cl)c1)c1ccnc2nc(NCCN3CC[C@@H](F)C3)[nH]c12. The first kappa shape index (κ1) is 20.3. The van der Waals surface area contributed by atoms with Crippen LogP contribution in [-0.2, 0) is 0 Å². The van der Waals surface area contributed by atoms with Crippen LogP contribution in [-0.4, -0.2) is 63.2 Å². The summed E-state index contributed by atoms with van der Waals surface area (Å²) < 4.78 is 26.6. The van der Waals surface area contributed by atoms with E-state index in [4.69, 9.17) is 11.6 Å². The van der Waals surface area contributed by atoms with Gasteiger partial charge in [0, 0.05) is 43.6 Å². The Labute approximate surface area is 176 Å². The van der Waals surface area contributed by atoms with Crippen LogP contribution in [0.3, 0.4) is 0 Å². The number of halogens is 3. The molecule has 0 unspecified atom stereocenters. The molecular formula is C19H20ClF2N7O. The van der Waals surface area contributed by atoms with Crippen molar-refractivity contribution in [3.63, 3.8) is 0 Å². The van der Waals surface area contributed by atoms with Crippen LogP contribution in [0.2, 0.25) is 5.02 Å². The number of nitrogens with one attached hydrogen (secondary N) is 3. The number of hydrogen-bond acceptors (Lipinski definition) is 6. The highest BCUT2D eigenvalue weighted by atomic mass is 35.5. The molecule has 0 bridgehead atoms. The fraction of sp³-hybridized carbons (Fsp3) is 0.316. The van der Waals surface area contributed by atoms with Gasteiger partial charge in [-0.3, -0.25) is 4.90 Å². The third-order valence-corrected chi connectivity index (χ3v) is 5.15. The lowest BCUT2D eigenvalue weighted by atomic mass is 10.2. The number of H-pyrrole nitrogens is 1. The highest BCUT2D eigenvalue weighted by molar-refractivity contribution is 6.31. The molecule has 8 nitrogen and oxygen atoms in total. The molecule has 1 saturated heterocycles. The molecule has 4 rings (SSSR count). The molecule has 0 amide bonds. The predicted octanol–water partition coefficient (Wildman–Crippen LogP) is 3.45. The van der Waals surface area contributed by atoms with Crippen LogP contribution in [0.5, 0.6) is 0 Å². The topological polar surface area (TPSA) is 101 Å². The van der Waals surface area contributed by atoms with Gasteiger partial charge in [0.1, 0.15) is 12.0 Å². The molecule has 0 radical (unpaired) electrons. The fourth-order valence-corrected chi connectivity index (χ4v) is 3.55. The number of anilines is 2. The summed E-state index contributed by atoms with van der Waals surface area (Å²) in [6.45, 7) is 2.51. The van der Waals surface area contributed by atoms with E-state index in [1.165, 1.54) is 18.2 Å². The minimum absolute atomic E-state index is 0.0534. The largest absolute Gasteiger partial charge is 0.409 e. The Balaban J connectivity index is 1.49. The standard InChI is InChI=1S/C19H20ClF2N7O/c20-14-9-12(1-2-15(14)22)25-17(28-30)13-3-5-23-18-16(13)26-19(27-18)24-6-8-29-7-4-11(21)10-29/h1-3,5,9,11,30H,4,6-8,10H2,(H,25,28)(H2,23,24,26,27)/t11-/m1/s1. The van der Waals surface area contributed by atoms with Crippen molar-refractivity contribution in [2.75, 3.05) is 36.8 Å². The number of hydrogen-bond donors (Lipinski definition) is 4. The second kappa shape index (κ2) is 8.80. The van der Waals surface area contributed by atoms with Crippen LogP contribution in [0.4, 0.5) is 20.4 Å². The monoisotopic (exact) mass is 435 g/mol. The smallest absolute Gasteiger partial charge is 0.202 e. The summed E-state index contributed by atoms with van der Waals surface area (Å²) in [6, 6.07) is 5.74. The summed E-state index contributed by atoms with van der Waals surface area (Å²) in [7, 11) is 0. The Morgan fingerprint density at radius 3 is 3.00 bits per heavy atom. The Kier molecular flexibility index (Phi) is 5.96. The summed E-state index contributed by atoms with van der Waals surface area (Å²) in [6.07, 6.45) is 1.37. The maximum atomic E-state index is 13.4. The average Bonchev–Trinajstić information content (AvgIpc) is 3.34. The lowest BCUT2D eigenvalue weighted by Crippen LogP contribution is -2.27. The summed E-state index contributed by atoms with van der Waals surface area (Å²) in [4.78, 5) is 13.8. The van der Waals surface area contributed by atoms with Crippen LogP contribution in [0.15, 0.2) is 35.6 Å². The van der Waals surface area contributed by atoms with E-state index in [1.807, 2.05) is 0 Å². The fourth-order valence-electron chi connectivity index (χ4n) is 3.37. The molecule has 0 aliphatic carbocycles. The molecule has 2 aromatic heterocycles. The van der Waals surface area contributed by atoms with Gasteiger partial charge in [0.05, 0.1) is 10.5 Å². The first-order valence-corrected chi connectivity index (χ1v) is 9.81. The number of nitrogens with zero attached hydrogens (tertiary/aromatic N) is 4.